The van der Waals surface area contributed by atoms with Crippen molar-refractivity contribution in [2.75, 3.05) is 6.54 Å². The van der Waals surface area contributed by atoms with Crippen molar-refractivity contribution in [2.24, 2.45) is 23.2 Å². The molecule has 4 fully saturated rings. The minimum atomic E-state index is 0.788. The van der Waals surface area contributed by atoms with E-state index in [2.05, 4.69) is 5.73 Å². The lowest BCUT2D eigenvalue weighted by Crippen LogP contribution is -2.55. The van der Waals surface area contributed by atoms with Crippen LogP contribution in [0, 0.1) is 23.2 Å². The van der Waals surface area contributed by atoms with Gasteiger partial charge in [0.1, 0.15) is 0 Å². The summed E-state index contributed by atoms with van der Waals surface area (Å²) < 4.78 is 0. The van der Waals surface area contributed by atoms with E-state index in [9.17, 15) is 0 Å². The van der Waals surface area contributed by atoms with Crippen LogP contribution < -0.4 is 5.73 Å². The summed E-state index contributed by atoms with van der Waals surface area (Å²) in [6, 6.07) is 0. The molecule has 1 heteroatoms. The van der Waals surface area contributed by atoms with E-state index in [1.165, 1.54) is 13.0 Å². The maximum atomic E-state index is 4.06. The molecule has 0 spiro atoms. The minimum Gasteiger partial charge on any atom is -0.358 e. The van der Waals surface area contributed by atoms with Gasteiger partial charge < -0.3 is 5.73 Å². The predicted molar refractivity (Wildman–Crippen MR) is 53.0 cm³/mol. The minimum absolute atomic E-state index is 0.788. The third kappa shape index (κ3) is 1.24. The zero-order valence-electron chi connectivity index (χ0n) is 8.60. The van der Waals surface area contributed by atoms with Gasteiger partial charge >= 0.3 is 0 Å². The average Bonchev–Trinajstić information content (AvgIpc) is 2.00. The molecule has 0 unspecified atom stereocenters. The van der Waals surface area contributed by atoms with Gasteiger partial charge in [0, 0.05) is 6.42 Å². The van der Waals surface area contributed by atoms with E-state index in [-0.39, 0.29) is 0 Å². The Morgan fingerprint density at radius 2 is 1.38 bits per heavy atom. The Kier molecular flexibility index (Phi) is 1.74. The van der Waals surface area contributed by atoms with Crippen LogP contribution in [0.2, 0.25) is 0 Å². The Morgan fingerprint density at radius 3 is 1.77 bits per heavy atom. The quantitative estimate of drug-likeness (QED) is 0.671. The third-order valence-corrected chi connectivity index (χ3v) is 4.87. The van der Waals surface area contributed by atoms with Crippen molar-refractivity contribution in [3.05, 3.63) is 0 Å². The van der Waals surface area contributed by atoms with Crippen LogP contribution in [-0.4, -0.2) is 6.54 Å². The lowest BCUT2D eigenvalue weighted by atomic mass is 9.49. The smallest absolute Gasteiger partial charge is 0.0745 e. The highest BCUT2D eigenvalue weighted by molar-refractivity contribution is 5.00. The summed E-state index contributed by atoms with van der Waals surface area (Å²) in [5.74, 6) is 3.37. The van der Waals surface area contributed by atoms with Crippen molar-refractivity contribution in [1.82, 2.24) is 0 Å². The predicted octanol–water partition coefficient (Wildman–Crippen LogP) is 1.83. The summed E-state index contributed by atoms with van der Waals surface area (Å²) in [6.45, 7) is 1.17. The molecule has 0 heterocycles. The lowest BCUT2D eigenvalue weighted by Gasteiger charge is -2.56. The van der Waals surface area contributed by atoms with Gasteiger partial charge in [0.2, 0.25) is 0 Å². The number of rotatable bonds is 2. The summed E-state index contributed by atoms with van der Waals surface area (Å²) in [4.78, 5) is 0. The Balaban J connectivity index is 1.83. The van der Waals surface area contributed by atoms with Gasteiger partial charge in [-0.25, -0.2) is 0 Å². The second-order valence-electron chi connectivity index (χ2n) is 6.02. The first-order valence-electron chi connectivity index (χ1n) is 6.09. The molecule has 13 heavy (non-hydrogen) atoms. The van der Waals surface area contributed by atoms with Crippen LogP contribution >= 0.6 is 0 Å². The summed E-state index contributed by atoms with van der Waals surface area (Å²) in [5, 5.41) is 0. The molecule has 0 aliphatic heterocycles. The van der Waals surface area contributed by atoms with Crippen molar-refractivity contribution in [2.45, 2.75) is 44.9 Å². The van der Waals surface area contributed by atoms with E-state index < -0.39 is 0 Å². The average molecular weight is 180 g/mol. The van der Waals surface area contributed by atoms with Crippen LogP contribution in [0.25, 0.3) is 0 Å². The molecule has 4 bridgehead atoms. The standard InChI is InChI=1S/C12H21N/c13-2-1-12-6-9-3-10(7-12)5-11(4-9)8-12/h9-11H,1-8,13H2/p+1. The van der Waals surface area contributed by atoms with E-state index in [0.717, 1.165) is 23.2 Å². The van der Waals surface area contributed by atoms with Gasteiger partial charge in [0.25, 0.3) is 0 Å². The van der Waals surface area contributed by atoms with Gasteiger partial charge in [-0.15, -0.1) is 0 Å². The van der Waals surface area contributed by atoms with E-state index in [1.54, 1.807) is 38.5 Å². The molecule has 0 atom stereocenters. The molecule has 0 saturated heterocycles. The highest BCUT2D eigenvalue weighted by atomic mass is 14.6. The fourth-order valence-electron chi connectivity index (χ4n) is 4.97. The molecule has 4 aliphatic carbocycles. The highest BCUT2D eigenvalue weighted by Crippen LogP contribution is 2.61. The normalized spacial score (nSPS) is 52.8. The fraction of sp³-hybridized carbons (Fsp3) is 1.00. The molecule has 3 N–H and O–H groups in total. The number of hydrogen-bond acceptors (Lipinski definition) is 0. The van der Waals surface area contributed by atoms with Crippen molar-refractivity contribution >= 4 is 0 Å². The topological polar surface area (TPSA) is 27.6 Å². The molecular formula is C12H22N+. The molecule has 0 aromatic carbocycles. The first-order valence-corrected chi connectivity index (χ1v) is 6.09. The Morgan fingerprint density at radius 1 is 0.923 bits per heavy atom. The fourth-order valence-corrected chi connectivity index (χ4v) is 4.97. The van der Waals surface area contributed by atoms with E-state index in [1.807, 2.05) is 0 Å². The largest absolute Gasteiger partial charge is 0.358 e. The van der Waals surface area contributed by atoms with Crippen molar-refractivity contribution in [3.63, 3.8) is 0 Å². The van der Waals surface area contributed by atoms with Crippen molar-refractivity contribution < 1.29 is 5.73 Å². The van der Waals surface area contributed by atoms with E-state index in [4.69, 9.17) is 0 Å². The molecule has 4 aliphatic rings. The molecule has 0 amide bonds. The van der Waals surface area contributed by atoms with Crippen molar-refractivity contribution in [3.8, 4) is 0 Å². The molecular weight excluding hydrogens is 158 g/mol. The highest BCUT2D eigenvalue weighted by Gasteiger charge is 2.50. The summed E-state index contributed by atoms with van der Waals surface area (Å²) in [5.41, 5.74) is 4.85. The van der Waals surface area contributed by atoms with Crippen molar-refractivity contribution in [1.29, 1.82) is 0 Å². The molecule has 0 aromatic rings. The van der Waals surface area contributed by atoms with Crippen LogP contribution in [-0.2, 0) is 0 Å². The van der Waals surface area contributed by atoms with Gasteiger partial charge in [-0.05, 0) is 61.7 Å². The first kappa shape index (κ1) is 8.28. The van der Waals surface area contributed by atoms with Gasteiger partial charge in [0.15, 0.2) is 0 Å². The summed E-state index contributed by atoms with van der Waals surface area (Å²) in [7, 11) is 0. The monoisotopic (exact) mass is 180 g/mol. The van der Waals surface area contributed by atoms with Crippen LogP contribution in [0.4, 0.5) is 0 Å². The zero-order valence-corrected chi connectivity index (χ0v) is 8.60. The Bertz CT molecular complexity index is 174. The summed E-state index contributed by atoms with van der Waals surface area (Å²) >= 11 is 0. The second-order valence-corrected chi connectivity index (χ2v) is 6.02. The van der Waals surface area contributed by atoms with Crippen LogP contribution in [0.15, 0.2) is 0 Å². The molecule has 1 nitrogen and oxygen atoms in total. The Hall–Kier alpha value is -0.0400. The molecule has 4 saturated carbocycles. The molecule has 0 aromatic heterocycles. The number of hydrogen-bond donors (Lipinski definition) is 1. The third-order valence-electron chi connectivity index (χ3n) is 4.87. The first-order chi connectivity index (χ1) is 6.30. The Labute approximate surface area is 81.1 Å². The molecule has 4 rings (SSSR count). The SMILES string of the molecule is [NH3+]CCC12CC3CC(CC(C3)C1)C2. The van der Waals surface area contributed by atoms with Crippen LogP contribution in [0.3, 0.4) is 0 Å². The summed E-state index contributed by atoms with van der Waals surface area (Å²) in [6.07, 6.45) is 10.9. The second kappa shape index (κ2) is 2.73. The molecule has 74 valence electrons. The van der Waals surface area contributed by atoms with Gasteiger partial charge in [-0.3, -0.25) is 0 Å². The molecule has 0 radical (unpaired) electrons. The van der Waals surface area contributed by atoms with Gasteiger partial charge in [-0.2, -0.15) is 0 Å². The van der Waals surface area contributed by atoms with E-state index in [0.29, 0.717) is 0 Å². The van der Waals surface area contributed by atoms with Crippen LogP contribution in [0.1, 0.15) is 44.9 Å². The van der Waals surface area contributed by atoms with Crippen LogP contribution in [0.5, 0.6) is 0 Å². The van der Waals surface area contributed by atoms with Gasteiger partial charge in [0.05, 0.1) is 6.54 Å². The lowest BCUT2D eigenvalue weighted by molar-refractivity contribution is -0.374. The van der Waals surface area contributed by atoms with Gasteiger partial charge in [-0.1, -0.05) is 0 Å². The maximum Gasteiger partial charge on any atom is 0.0745 e. The van der Waals surface area contributed by atoms with E-state index >= 15 is 0 Å². The number of quaternary nitrogens is 1. The maximum absolute atomic E-state index is 4.06. The zero-order chi connectivity index (χ0) is 8.89.